The van der Waals surface area contributed by atoms with Crippen LogP contribution >= 0.6 is 39.1 Å². The summed E-state index contributed by atoms with van der Waals surface area (Å²) in [6, 6.07) is 8.88. The van der Waals surface area contributed by atoms with Gasteiger partial charge < -0.3 is 5.32 Å². The van der Waals surface area contributed by atoms with Gasteiger partial charge in [0.15, 0.2) is 5.82 Å². The minimum absolute atomic E-state index is 0.272. The van der Waals surface area contributed by atoms with Gasteiger partial charge >= 0.3 is 0 Å². The van der Waals surface area contributed by atoms with Crippen molar-refractivity contribution < 1.29 is 4.79 Å². The molecule has 134 valence electrons. The summed E-state index contributed by atoms with van der Waals surface area (Å²) in [7, 11) is 0. The van der Waals surface area contributed by atoms with Crippen molar-refractivity contribution in [1.82, 2.24) is 14.8 Å². The van der Waals surface area contributed by atoms with Gasteiger partial charge in [-0.15, -0.1) is 0 Å². The Bertz CT molecular complexity index is 987. The van der Waals surface area contributed by atoms with Gasteiger partial charge in [0, 0.05) is 11.8 Å². The van der Waals surface area contributed by atoms with Gasteiger partial charge in [-0.25, -0.2) is 4.98 Å². The van der Waals surface area contributed by atoms with Crippen LogP contribution in [-0.4, -0.2) is 20.7 Å². The molecule has 1 aromatic carbocycles. The van der Waals surface area contributed by atoms with Crippen molar-refractivity contribution in [1.29, 1.82) is 0 Å². The van der Waals surface area contributed by atoms with E-state index in [9.17, 15) is 4.79 Å². The summed E-state index contributed by atoms with van der Waals surface area (Å²) in [5.74, 6) is -0.0212. The number of aryl methyl sites for hydroxylation is 1. The van der Waals surface area contributed by atoms with Crippen molar-refractivity contribution in [3.8, 4) is 0 Å². The lowest BCUT2D eigenvalue weighted by Gasteiger charge is -2.09. The molecule has 0 saturated heterocycles. The van der Waals surface area contributed by atoms with Gasteiger partial charge in [0.2, 0.25) is 0 Å². The van der Waals surface area contributed by atoms with Crippen LogP contribution in [0.15, 0.2) is 41.0 Å². The molecule has 0 radical (unpaired) electrons. The number of anilines is 1. The highest BCUT2D eigenvalue weighted by Gasteiger charge is 2.12. The molecule has 0 bridgehead atoms. The van der Waals surface area contributed by atoms with Crippen LogP contribution in [0.25, 0.3) is 0 Å². The highest BCUT2D eigenvalue weighted by Crippen LogP contribution is 2.23. The van der Waals surface area contributed by atoms with E-state index in [1.165, 1.54) is 12.3 Å². The summed E-state index contributed by atoms with van der Waals surface area (Å²) >= 11 is 15.4. The Morgan fingerprint density at radius 1 is 1.27 bits per heavy atom. The maximum absolute atomic E-state index is 12.5. The smallest absolute Gasteiger partial charge is 0.256 e. The van der Waals surface area contributed by atoms with Gasteiger partial charge in [-0.05, 0) is 53.5 Å². The summed E-state index contributed by atoms with van der Waals surface area (Å²) in [6.07, 6.45) is 1.43. The molecule has 0 unspecified atom stereocenters. The standard InChI is InChI=1S/C18H15BrCl2N4O/c1-10-16(19)11(2)25(24-10)9-12-4-3-5-13(6-12)18(26)23-17-15(21)7-14(20)8-22-17/h3-8H,9H2,1-2H3,(H,22,23,26). The lowest BCUT2D eigenvalue weighted by molar-refractivity contribution is 0.102. The van der Waals surface area contributed by atoms with Crippen LogP contribution in [0.2, 0.25) is 10.0 Å². The van der Waals surface area contributed by atoms with E-state index in [1.54, 1.807) is 6.07 Å². The molecule has 2 heterocycles. The highest BCUT2D eigenvalue weighted by molar-refractivity contribution is 9.10. The molecule has 8 heteroatoms. The third-order valence-electron chi connectivity index (χ3n) is 3.85. The molecule has 3 rings (SSSR count). The molecule has 5 nitrogen and oxygen atoms in total. The summed E-state index contributed by atoms with van der Waals surface area (Å²) in [5.41, 5.74) is 3.44. The highest BCUT2D eigenvalue weighted by atomic mass is 79.9. The normalized spacial score (nSPS) is 10.8. The van der Waals surface area contributed by atoms with Crippen molar-refractivity contribution in [2.24, 2.45) is 0 Å². The van der Waals surface area contributed by atoms with E-state index in [1.807, 2.05) is 36.7 Å². The van der Waals surface area contributed by atoms with Crippen LogP contribution in [0.3, 0.4) is 0 Å². The minimum atomic E-state index is -0.293. The molecule has 0 aliphatic carbocycles. The number of halogens is 3. The molecule has 26 heavy (non-hydrogen) atoms. The number of carbonyl (C=O) groups is 1. The van der Waals surface area contributed by atoms with E-state index in [-0.39, 0.29) is 16.7 Å². The van der Waals surface area contributed by atoms with Crippen molar-refractivity contribution in [3.05, 3.63) is 73.6 Å². The maximum Gasteiger partial charge on any atom is 0.256 e. The van der Waals surface area contributed by atoms with E-state index in [4.69, 9.17) is 23.2 Å². The van der Waals surface area contributed by atoms with Gasteiger partial charge in [0.05, 0.1) is 32.5 Å². The second-order valence-electron chi connectivity index (χ2n) is 5.78. The molecule has 0 atom stereocenters. The Morgan fingerprint density at radius 3 is 2.69 bits per heavy atom. The number of benzene rings is 1. The average molecular weight is 454 g/mol. The second kappa shape index (κ2) is 7.78. The number of nitrogens with one attached hydrogen (secondary N) is 1. The number of nitrogens with zero attached hydrogens (tertiary/aromatic N) is 3. The predicted octanol–water partition coefficient (Wildman–Crippen LogP) is 5.26. The number of carbonyl (C=O) groups excluding carboxylic acids is 1. The fraction of sp³-hybridized carbons (Fsp3) is 0.167. The monoisotopic (exact) mass is 452 g/mol. The third kappa shape index (κ3) is 4.09. The second-order valence-corrected chi connectivity index (χ2v) is 7.42. The molecule has 0 spiro atoms. The van der Waals surface area contributed by atoms with Gasteiger partial charge in [0.25, 0.3) is 5.91 Å². The molecular formula is C18H15BrCl2N4O. The Balaban J connectivity index is 1.80. The van der Waals surface area contributed by atoms with Crippen molar-refractivity contribution in [2.45, 2.75) is 20.4 Å². The topological polar surface area (TPSA) is 59.8 Å². The molecular weight excluding hydrogens is 439 g/mol. The zero-order chi connectivity index (χ0) is 18.8. The van der Waals surface area contributed by atoms with Gasteiger partial charge in [0.1, 0.15) is 0 Å². The summed E-state index contributed by atoms with van der Waals surface area (Å²) in [6.45, 7) is 4.51. The van der Waals surface area contributed by atoms with Gasteiger partial charge in [-0.2, -0.15) is 5.10 Å². The van der Waals surface area contributed by atoms with Crippen LogP contribution in [0.4, 0.5) is 5.82 Å². The van der Waals surface area contributed by atoms with Gasteiger partial charge in [-0.3, -0.25) is 9.48 Å². The molecule has 0 saturated carbocycles. The van der Waals surface area contributed by atoms with Crippen molar-refractivity contribution in [3.63, 3.8) is 0 Å². The molecule has 1 amide bonds. The lowest BCUT2D eigenvalue weighted by Crippen LogP contribution is -2.14. The average Bonchev–Trinajstić information content (AvgIpc) is 2.84. The number of amides is 1. The Morgan fingerprint density at radius 2 is 2.04 bits per heavy atom. The molecule has 0 fully saturated rings. The first kappa shape index (κ1) is 18.9. The van der Waals surface area contributed by atoms with Crippen LogP contribution in [0, 0.1) is 13.8 Å². The minimum Gasteiger partial charge on any atom is -0.305 e. The third-order valence-corrected chi connectivity index (χ3v) is 5.50. The first-order chi connectivity index (χ1) is 12.3. The summed E-state index contributed by atoms with van der Waals surface area (Å²) in [4.78, 5) is 16.6. The quantitative estimate of drug-likeness (QED) is 0.585. The SMILES string of the molecule is Cc1nn(Cc2cccc(C(=O)Nc3ncc(Cl)cc3Cl)c2)c(C)c1Br. The Labute approximate surface area is 169 Å². The maximum atomic E-state index is 12.5. The molecule has 0 aliphatic rings. The van der Waals surface area contributed by atoms with Gasteiger partial charge in [-0.1, -0.05) is 35.3 Å². The number of aromatic nitrogens is 3. The van der Waals surface area contributed by atoms with E-state index >= 15 is 0 Å². The Hall–Kier alpha value is -1.89. The van der Waals surface area contributed by atoms with Crippen LogP contribution < -0.4 is 5.32 Å². The zero-order valence-electron chi connectivity index (χ0n) is 14.1. The Kier molecular flexibility index (Phi) is 5.65. The largest absolute Gasteiger partial charge is 0.305 e. The van der Waals surface area contributed by atoms with E-state index in [0.717, 1.165) is 21.4 Å². The van der Waals surface area contributed by atoms with Crippen LogP contribution in [-0.2, 0) is 6.54 Å². The first-order valence-corrected chi connectivity index (χ1v) is 9.31. The van der Waals surface area contributed by atoms with Crippen LogP contribution in [0.1, 0.15) is 27.3 Å². The lowest BCUT2D eigenvalue weighted by atomic mass is 10.1. The van der Waals surface area contributed by atoms with E-state index < -0.39 is 0 Å². The zero-order valence-corrected chi connectivity index (χ0v) is 17.2. The van der Waals surface area contributed by atoms with Crippen LogP contribution in [0.5, 0.6) is 0 Å². The fourth-order valence-electron chi connectivity index (χ4n) is 2.50. The first-order valence-electron chi connectivity index (χ1n) is 7.76. The summed E-state index contributed by atoms with van der Waals surface area (Å²) < 4.78 is 2.89. The van der Waals surface area contributed by atoms with Crippen molar-refractivity contribution >= 4 is 50.9 Å². The number of hydrogen-bond donors (Lipinski definition) is 1. The van der Waals surface area contributed by atoms with E-state index in [2.05, 4.69) is 31.3 Å². The number of pyridine rings is 1. The predicted molar refractivity (Wildman–Crippen MR) is 107 cm³/mol. The molecule has 3 aromatic rings. The van der Waals surface area contributed by atoms with E-state index in [0.29, 0.717) is 17.1 Å². The number of hydrogen-bond acceptors (Lipinski definition) is 3. The molecule has 1 N–H and O–H groups in total. The fourth-order valence-corrected chi connectivity index (χ4v) is 3.21. The van der Waals surface area contributed by atoms with Crippen molar-refractivity contribution in [2.75, 3.05) is 5.32 Å². The summed E-state index contributed by atoms with van der Waals surface area (Å²) in [5, 5.41) is 7.89. The number of rotatable bonds is 4. The molecule has 2 aromatic heterocycles. The molecule has 0 aliphatic heterocycles.